The Kier molecular flexibility index (Phi) is 58.6. The molecule has 0 N–H and O–H groups in total. The first kappa shape index (κ1) is 68.9. The zero-order valence-electron chi connectivity index (χ0n) is 48.0. The van der Waals surface area contributed by atoms with Crippen LogP contribution in [-0.4, -0.2) is 37.2 Å². The molecule has 0 aliphatic rings. The first-order chi connectivity index (χ1) is 35.0. The van der Waals surface area contributed by atoms with Crippen LogP contribution >= 0.6 is 0 Å². The van der Waals surface area contributed by atoms with E-state index in [-0.39, 0.29) is 31.1 Å². The van der Waals surface area contributed by atoms with E-state index in [1.807, 2.05) is 0 Å². The van der Waals surface area contributed by atoms with Crippen LogP contribution in [0.5, 0.6) is 0 Å². The molecule has 0 saturated carbocycles. The standard InChI is InChI=1S/C65H122O6/c1-4-7-10-13-16-19-22-25-28-30-31-32-33-35-37-40-43-46-49-52-55-58-64(67)70-61-62(60-69-63(66)57-54-51-48-45-42-39-36-27-24-21-18-15-12-9-6-3)71-65(68)59-56-53-50-47-44-41-38-34-29-26-23-20-17-14-11-8-5-2/h22,25,30-31,62H,4-21,23-24,26-29,32-61H2,1-3H3/b25-22-,31-30-. The summed E-state index contributed by atoms with van der Waals surface area (Å²) in [4.78, 5) is 38.3. The second-order valence-electron chi connectivity index (χ2n) is 21.7. The summed E-state index contributed by atoms with van der Waals surface area (Å²) in [5.74, 6) is -0.842. The highest BCUT2D eigenvalue weighted by Crippen LogP contribution is 2.18. The first-order valence-electron chi connectivity index (χ1n) is 31.8. The lowest BCUT2D eigenvalue weighted by molar-refractivity contribution is -0.167. The minimum absolute atomic E-state index is 0.0662. The molecule has 0 radical (unpaired) electrons. The summed E-state index contributed by atoms with van der Waals surface area (Å²) >= 11 is 0. The van der Waals surface area contributed by atoms with Gasteiger partial charge >= 0.3 is 17.9 Å². The van der Waals surface area contributed by atoms with Crippen LogP contribution in [0.4, 0.5) is 0 Å². The average Bonchev–Trinajstić information content (AvgIpc) is 3.37. The topological polar surface area (TPSA) is 78.9 Å². The maximum absolute atomic E-state index is 12.9. The molecule has 1 unspecified atom stereocenters. The molecule has 6 nitrogen and oxygen atoms in total. The van der Waals surface area contributed by atoms with Gasteiger partial charge in [0.2, 0.25) is 0 Å². The Morgan fingerprint density at radius 3 is 0.775 bits per heavy atom. The summed E-state index contributed by atoms with van der Waals surface area (Å²) in [5.41, 5.74) is 0. The van der Waals surface area contributed by atoms with E-state index in [2.05, 4.69) is 45.1 Å². The zero-order valence-corrected chi connectivity index (χ0v) is 48.0. The molecule has 0 aromatic heterocycles. The van der Waals surface area contributed by atoms with E-state index in [4.69, 9.17) is 14.2 Å². The molecule has 0 bridgehead atoms. The van der Waals surface area contributed by atoms with E-state index in [9.17, 15) is 14.4 Å². The predicted octanol–water partition coefficient (Wildman–Crippen LogP) is 21.4. The molecule has 6 heteroatoms. The van der Waals surface area contributed by atoms with Gasteiger partial charge in [0.1, 0.15) is 13.2 Å². The summed E-state index contributed by atoms with van der Waals surface area (Å²) in [6.07, 6.45) is 71.7. The van der Waals surface area contributed by atoms with Crippen molar-refractivity contribution in [2.75, 3.05) is 13.2 Å². The Balaban J connectivity index is 4.30. The molecular formula is C65H122O6. The van der Waals surface area contributed by atoms with Gasteiger partial charge in [-0.25, -0.2) is 0 Å². The van der Waals surface area contributed by atoms with E-state index in [1.54, 1.807) is 0 Å². The van der Waals surface area contributed by atoms with Gasteiger partial charge in [0, 0.05) is 19.3 Å². The fourth-order valence-corrected chi connectivity index (χ4v) is 9.65. The summed E-state index contributed by atoms with van der Waals surface area (Å²) < 4.78 is 16.9. The van der Waals surface area contributed by atoms with Gasteiger partial charge in [0.05, 0.1) is 0 Å². The number of hydrogen-bond acceptors (Lipinski definition) is 6. The van der Waals surface area contributed by atoms with Crippen LogP contribution in [0, 0.1) is 0 Å². The molecule has 0 fully saturated rings. The van der Waals surface area contributed by atoms with Crippen LogP contribution in [0.3, 0.4) is 0 Å². The van der Waals surface area contributed by atoms with Crippen molar-refractivity contribution in [1.82, 2.24) is 0 Å². The quantitative estimate of drug-likeness (QED) is 0.0261. The van der Waals surface area contributed by atoms with E-state index in [0.717, 1.165) is 64.2 Å². The second kappa shape index (κ2) is 60.4. The molecule has 0 heterocycles. The van der Waals surface area contributed by atoms with Gasteiger partial charge in [-0.3, -0.25) is 14.4 Å². The number of unbranched alkanes of at least 4 members (excludes halogenated alkanes) is 44. The van der Waals surface area contributed by atoms with E-state index >= 15 is 0 Å². The lowest BCUT2D eigenvalue weighted by atomic mass is 10.0. The Hall–Kier alpha value is -2.11. The number of ether oxygens (including phenoxy) is 3. The lowest BCUT2D eigenvalue weighted by Crippen LogP contribution is -2.30. The molecule has 0 aliphatic carbocycles. The molecule has 0 aromatic rings. The predicted molar refractivity (Wildman–Crippen MR) is 307 cm³/mol. The van der Waals surface area contributed by atoms with Gasteiger partial charge in [0.15, 0.2) is 6.10 Å². The molecule has 0 amide bonds. The highest BCUT2D eigenvalue weighted by Gasteiger charge is 2.19. The third-order valence-electron chi connectivity index (χ3n) is 14.5. The monoisotopic (exact) mass is 999 g/mol. The van der Waals surface area contributed by atoms with Crippen molar-refractivity contribution in [3.05, 3.63) is 24.3 Å². The number of carbonyl (C=O) groups is 3. The first-order valence-corrected chi connectivity index (χ1v) is 31.8. The number of esters is 3. The normalized spacial score (nSPS) is 12.1. The summed E-state index contributed by atoms with van der Waals surface area (Å²) in [5, 5.41) is 0. The molecule has 0 saturated heterocycles. The van der Waals surface area contributed by atoms with Gasteiger partial charge in [0.25, 0.3) is 0 Å². The molecular weight excluding hydrogens is 877 g/mol. The second-order valence-corrected chi connectivity index (χ2v) is 21.7. The van der Waals surface area contributed by atoms with Gasteiger partial charge in [-0.2, -0.15) is 0 Å². The molecule has 0 aliphatic heterocycles. The van der Waals surface area contributed by atoms with Crippen LogP contribution in [0.15, 0.2) is 24.3 Å². The van der Waals surface area contributed by atoms with Crippen LogP contribution in [0.2, 0.25) is 0 Å². The SMILES string of the molecule is CCCCCCC/C=C\C/C=C\CCCCCCCCCCCC(=O)OCC(COC(=O)CCCCCCCCCCCCCCCCC)OC(=O)CCCCCCCCCCCCCCCCCCC. The van der Waals surface area contributed by atoms with E-state index in [1.165, 1.54) is 250 Å². The molecule has 0 aromatic carbocycles. The molecule has 0 rings (SSSR count). The van der Waals surface area contributed by atoms with E-state index in [0.29, 0.717) is 19.3 Å². The van der Waals surface area contributed by atoms with Crippen LogP contribution in [0.25, 0.3) is 0 Å². The van der Waals surface area contributed by atoms with Crippen molar-refractivity contribution in [3.8, 4) is 0 Å². The number of rotatable bonds is 59. The molecule has 1 atom stereocenters. The van der Waals surface area contributed by atoms with E-state index < -0.39 is 6.10 Å². The van der Waals surface area contributed by atoms with Crippen molar-refractivity contribution in [3.63, 3.8) is 0 Å². The summed E-state index contributed by atoms with van der Waals surface area (Å²) in [6, 6.07) is 0. The van der Waals surface area contributed by atoms with Crippen molar-refractivity contribution < 1.29 is 28.6 Å². The van der Waals surface area contributed by atoms with Crippen LogP contribution < -0.4 is 0 Å². The van der Waals surface area contributed by atoms with Crippen molar-refractivity contribution in [2.24, 2.45) is 0 Å². The largest absolute Gasteiger partial charge is 0.462 e. The van der Waals surface area contributed by atoms with Gasteiger partial charge in [-0.15, -0.1) is 0 Å². The van der Waals surface area contributed by atoms with Crippen molar-refractivity contribution in [2.45, 2.75) is 361 Å². The third kappa shape index (κ3) is 58.7. The Labute approximate surface area is 443 Å². The van der Waals surface area contributed by atoms with Gasteiger partial charge in [-0.05, 0) is 51.4 Å². The fraction of sp³-hybridized carbons (Fsp3) is 0.892. The molecule has 71 heavy (non-hydrogen) atoms. The molecule has 418 valence electrons. The maximum Gasteiger partial charge on any atom is 0.306 e. The minimum Gasteiger partial charge on any atom is -0.462 e. The zero-order chi connectivity index (χ0) is 51.4. The smallest absolute Gasteiger partial charge is 0.306 e. The average molecular weight is 1000 g/mol. The molecule has 0 spiro atoms. The number of hydrogen-bond donors (Lipinski definition) is 0. The highest BCUT2D eigenvalue weighted by atomic mass is 16.6. The van der Waals surface area contributed by atoms with Crippen LogP contribution in [-0.2, 0) is 28.6 Å². The highest BCUT2D eigenvalue weighted by molar-refractivity contribution is 5.71. The number of carbonyl (C=O) groups excluding carboxylic acids is 3. The van der Waals surface area contributed by atoms with Crippen molar-refractivity contribution in [1.29, 1.82) is 0 Å². The van der Waals surface area contributed by atoms with Gasteiger partial charge in [-0.1, -0.05) is 308 Å². The summed E-state index contributed by atoms with van der Waals surface area (Å²) in [6.45, 7) is 6.70. The lowest BCUT2D eigenvalue weighted by Gasteiger charge is -2.18. The Morgan fingerprint density at radius 1 is 0.282 bits per heavy atom. The van der Waals surface area contributed by atoms with Gasteiger partial charge < -0.3 is 14.2 Å². The summed E-state index contributed by atoms with van der Waals surface area (Å²) in [7, 11) is 0. The Bertz CT molecular complexity index is 1150. The van der Waals surface area contributed by atoms with Crippen LogP contribution in [0.1, 0.15) is 355 Å². The fourth-order valence-electron chi connectivity index (χ4n) is 9.65. The number of allylic oxidation sites excluding steroid dienone is 4. The minimum atomic E-state index is -0.768. The Morgan fingerprint density at radius 2 is 0.507 bits per heavy atom. The third-order valence-corrected chi connectivity index (χ3v) is 14.5. The maximum atomic E-state index is 12.9. The van der Waals surface area contributed by atoms with Crippen molar-refractivity contribution >= 4 is 17.9 Å².